The van der Waals surface area contributed by atoms with Crippen LogP contribution >= 0.6 is 22.9 Å². The van der Waals surface area contributed by atoms with Crippen molar-refractivity contribution in [2.45, 2.75) is 0 Å². The molecule has 0 aliphatic heterocycles. The second kappa shape index (κ2) is 5.12. The number of rotatable bonds is 4. The van der Waals surface area contributed by atoms with Gasteiger partial charge in [-0.15, -0.1) is 0 Å². The van der Waals surface area contributed by atoms with Crippen molar-refractivity contribution in [2.24, 2.45) is 0 Å². The van der Waals surface area contributed by atoms with E-state index in [0.717, 1.165) is 20.4 Å². The number of hydrogen-bond donors (Lipinski definition) is 1. The van der Waals surface area contributed by atoms with Crippen molar-refractivity contribution < 1.29 is 4.21 Å². The van der Waals surface area contributed by atoms with E-state index in [1.165, 1.54) is 0 Å². The van der Waals surface area contributed by atoms with Crippen molar-refractivity contribution in [2.75, 3.05) is 23.9 Å². The van der Waals surface area contributed by atoms with Crippen molar-refractivity contribution >= 4 is 49.1 Å². The van der Waals surface area contributed by atoms with E-state index in [1.807, 2.05) is 18.2 Å². The average molecular weight is 275 g/mol. The van der Waals surface area contributed by atoms with Crippen LogP contribution in [-0.4, -0.2) is 27.7 Å². The molecule has 0 amide bonds. The SMILES string of the molecule is CS(=O)CCNc1nc2ccc(Cl)cc2s1. The third-order valence-electron chi connectivity index (χ3n) is 2.02. The van der Waals surface area contributed by atoms with E-state index in [1.54, 1.807) is 17.6 Å². The Kier molecular flexibility index (Phi) is 3.78. The maximum absolute atomic E-state index is 10.9. The number of hydrogen-bond acceptors (Lipinski definition) is 4. The summed E-state index contributed by atoms with van der Waals surface area (Å²) in [5.41, 5.74) is 0.939. The van der Waals surface area contributed by atoms with Gasteiger partial charge in [-0.3, -0.25) is 4.21 Å². The van der Waals surface area contributed by atoms with Gasteiger partial charge in [0.1, 0.15) is 0 Å². The fourth-order valence-electron chi connectivity index (χ4n) is 1.28. The highest BCUT2D eigenvalue weighted by atomic mass is 35.5. The average Bonchev–Trinajstić information content (AvgIpc) is 2.58. The summed E-state index contributed by atoms with van der Waals surface area (Å²) < 4.78 is 12.0. The Morgan fingerprint density at radius 1 is 1.56 bits per heavy atom. The lowest BCUT2D eigenvalue weighted by molar-refractivity contribution is 0.687. The summed E-state index contributed by atoms with van der Waals surface area (Å²) in [6.45, 7) is 0.677. The summed E-state index contributed by atoms with van der Waals surface area (Å²) in [4.78, 5) is 4.40. The molecule has 1 atom stereocenters. The molecule has 0 fully saturated rings. The van der Waals surface area contributed by atoms with Crippen molar-refractivity contribution in [3.05, 3.63) is 23.2 Å². The lowest BCUT2D eigenvalue weighted by Gasteiger charge is -1.98. The molecule has 0 bridgehead atoms. The van der Waals surface area contributed by atoms with Gasteiger partial charge in [-0.2, -0.15) is 0 Å². The van der Waals surface area contributed by atoms with Crippen LogP contribution in [0.3, 0.4) is 0 Å². The molecular formula is C10H11ClN2OS2. The summed E-state index contributed by atoms with van der Waals surface area (Å²) in [6, 6.07) is 5.63. The molecule has 1 unspecified atom stereocenters. The smallest absolute Gasteiger partial charge is 0.183 e. The minimum atomic E-state index is -0.767. The van der Waals surface area contributed by atoms with Crippen LogP contribution in [-0.2, 0) is 10.8 Å². The van der Waals surface area contributed by atoms with E-state index < -0.39 is 10.8 Å². The first-order chi connectivity index (χ1) is 7.65. The van der Waals surface area contributed by atoms with E-state index in [-0.39, 0.29) is 0 Å². The lowest BCUT2D eigenvalue weighted by atomic mass is 10.3. The maximum Gasteiger partial charge on any atom is 0.183 e. The van der Waals surface area contributed by atoms with Crippen molar-refractivity contribution in [1.29, 1.82) is 0 Å². The van der Waals surface area contributed by atoms with Gasteiger partial charge in [0, 0.05) is 34.4 Å². The number of nitrogens with one attached hydrogen (secondary N) is 1. The van der Waals surface area contributed by atoms with Crippen LogP contribution in [0.2, 0.25) is 5.02 Å². The Hall–Kier alpha value is -0.650. The zero-order valence-corrected chi connectivity index (χ0v) is 11.1. The molecule has 6 heteroatoms. The lowest BCUT2D eigenvalue weighted by Crippen LogP contribution is -2.09. The van der Waals surface area contributed by atoms with Crippen molar-refractivity contribution in [3.63, 3.8) is 0 Å². The van der Waals surface area contributed by atoms with Gasteiger partial charge in [0.05, 0.1) is 10.2 Å². The Morgan fingerprint density at radius 3 is 3.12 bits per heavy atom. The standard InChI is InChI=1S/C10H11ClN2OS2/c1-16(14)5-4-12-10-13-8-3-2-7(11)6-9(8)15-10/h2-3,6H,4-5H2,1H3,(H,12,13). The van der Waals surface area contributed by atoms with E-state index >= 15 is 0 Å². The molecule has 0 aliphatic rings. The van der Waals surface area contributed by atoms with Gasteiger partial charge >= 0.3 is 0 Å². The minimum Gasteiger partial charge on any atom is -0.361 e. The zero-order valence-electron chi connectivity index (χ0n) is 8.70. The first-order valence-electron chi connectivity index (χ1n) is 4.75. The number of halogens is 1. The molecule has 1 N–H and O–H groups in total. The fourth-order valence-corrected chi connectivity index (χ4v) is 2.83. The van der Waals surface area contributed by atoms with Crippen LogP contribution in [0.25, 0.3) is 10.2 Å². The van der Waals surface area contributed by atoms with Gasteiger partial charge in [-0.1, -0.05) is 22.9 Å². The molecule has 16 heavy (non-hydrogen) atoms. The highest BCUT2D eigenvalue weighted by Crippen LogP contribution is 2.27. The summed E-state index contributed by atoms with van der Waals surface area (Å²) in [7, 11) is -0.767. The molecule has 0 saturated heterocycles. The molecule has 3 nitrogen and oxygen atoms in total. The molecule has 0 spiro atoms. The van der Waals surface area contributed by atoms with Gasteiger partial charge in [-0.25, -0.2) is 4.98 Å². The maximum atomic E-state index is 10.9. The zero-order chi connectivity index (χ0) is 11.5. The quantitative estimate of drug-likeness (QED) is 0.932. The predicted octanol–water partition coefficient (Wildman–Crippen LogP) is 2.74. The second-order valence-electron chi connectivity index (χ2n) is 3.34. The summed E-state index contributed by atoms with van der Waals surface area (Å²) >= 11 is 7.45. The van der Waals surface area contributed by atoms with Gasteiger partial charge in [0.2, 0.25) is 0 Å². The Morgan fingerprint density at radius 2 is 2.38 bits per heavy atom. The van der Waals surface area contributed by atoms with E-state index in [4.69, 9.17) is 11.6 Å². The summed E-state index contributed by atoms with van der Waals surface area (Å²) in [5.74, 6) is 0.636. The number of anilines is 1. The number of aromatic nitrogens is 1. The largest absolute Gasteiger partial charge is 0.361 e. The van der Waals surface area contributed by atoms with Gasteiger partial charge < -0.3 is 5.32 Å². The molecule has 0 radical (unpaired) electrons. The molecule has 1 heterocycles. The van der Waals surface area contributed by atoms with E-state index in [2.05, 4.69) is 10.3 Å². The summed E-state index contributed by atoms with van der Waals surface area (Å²) in [5, 5.41) is 4.73. The van der Waals surface area contributed by atoms with Gasteiger partial charge in [0.15, 0.2) is 5.13 Å². The van der Waals surface area contributed by atoms with Crippen LogP contribution in [0, 0.1) is 0 Å². The van der Waals surface area contributed by atoms with E-state index in [0.29, 0.717) is 12.3 Å². The number of thiazole rings is 1. The normalized spacial score (nSPS) is 12.9. The topological polar surface area (TPSA) is 42.0 Å². The van der Waals surface area contributed by atoms with Crippen LogP contribution in [0.15, 0.2) is 18.2 Å². The number of nitrogens with zero attached hydrogens (tertiary/aromatic N) is 1. The van der Waals surface area contributed by atoms with Crippen LogP contribution in [0.4, 0.5) is 5.13 Å². The molecule has 0 aliphatic carbocycles. The first kappa shape index (κ1) is 11.8. The Bertz CT molecular complexity index is 527. The summed E-state index contributed by atoms with van der Waals surface area (Å²) in [6.07, 6.45) is 1.69. The van der Waals surface area contributed by atoms with Crippen molar-refractivity contribution in [3.8, 4) is 0 Å². The minimum absolute atomic E-state index is 0.636. The van der Waals surface area contributed by atoms with Gasteiger partial charge in [0.25, 0.3) is 0 Å². The number of benzene rings is 1. The van der Waals surface area contributed by atoms with E-state index in [9.17, 15) is 4.21 Å². The monoisotopic (exact) mass is 274 g/mol. The molecule has 0 saturated carbocycles. The molecule has 2 rings (SSSR count). The number of fused-ring (bicyclic) bond motifs is 1. The third kappa shape index (κ3) is 2.93. The highest BCUT2D eigenvalue weighted by molar-refractivity contribution is 7.84. The van der Waals surface area contributed by atoms with Crippen LogP contribution in [0.1, 0.15) is 0 Å². The molecule has 86 valence electrons. The third-order valence-corrected chi connectivity index (χ3v) is 4.01. The Balaban J connectivity index is 2.10. The molecule has 1 aromatic heterocycles. The predicted molar refractivity (Wildman–Crippen MR) is 72.1 cm³/mol. The van der Waals surface area contributed by atoms with Crippen LogP contribution in [0.5, 0.6) is 0 Å². The van der Waals surface area contributed by atoms with Crippen molar-refractivity contribution in [1.82, 2.24) is 4.98 Å². The fraction of sp³-hybridized carbons (Fsp3) is 0.300. The molecular weight excluding hydrogens is 264 g/mol. The Labute approximate surface area is 105 Å². The van der Waals surface area contributed by atoms with Gasteiger partial charge in [-0.05, 0) is 18.2 Å². The molecule has 2 aromatic rings. The second-order valence-corrected chi connectivity index (χ2v) is 6.36. The van der Waals surface area contributed by atoms with Crippen LogP contribution < -0.4 is 5.32 Å². The highest BCUT2D eigenvalue weighted by Gasteiger charge is 2.03. The first-order valence-corrected chi connectivity index (χ1v) is 7.67. The molecule has 1 aromatic carbocycles.